The first-order valence-electron chi connectivity index (χ1n) is 6.86. The highest BCUT2D eigenvalue weighted by atomic mass is 33.1. The van der Waals surface area contributed by atoms with Crippen LogP contribution in [0.5, 0.6) is 0 Å². The molecular weight excluding hydrogens is 348 g/mol. The van der Waals surface area contributed by atoms with Crippen LogP contribution in [0.2, 0.25) is 0 Å². The summed E-state index contributed by atoms with van der Waals surface area (Å²) in [4.78, 5) is 25.4. The molecule has 0 bridgehead atoms. The lowest BCUT2D eigenvalue weighted by Gasteiger charge is -2.25. The van der Waals surface area contributed by atoms with Gasteiger partial charge in [0.25, 0.3) is 5.09 Å². The molecule has 0 aromatic rings. The zero-order valence-corrected chi connectivity index (χ0v) is 13.9. The van der Waals surface area contributed by atoms with Gasteiger partial charge in [-0.3, -0.25) is 5.43 Å². The lowest BCUT2D eigenvalue weighted by Crippen LogP contribution is -2.50. The molecule has 0 fully saturated rings. The Morgan fingerprint density at radius 3 is 2.87 bits per heavy atom. The second-order valence-electron chi connectivity index (χ2n) is 4.36. The van der Waals surface area contributed by atoms with Gasteiger partial charge in [0.15, 0.2) is 0 Å². The number of nitrogens with zero attached hydrogens (tertiary/aromatic N) is 1. The summed E-state index contributed by atoms with van der Waals surface area (Å²) < 4.78 is 4.90. The van der Waals surface area contributed by atoms with Crippen LogP contribution in [-0.2, 0) is 9.57 Å². The predicted molar refractivity (Wildman–Crippen MR) is 86.7 cm³/mol. The highest BCUT2D eigenvalue weighted by Gasteiger charge is 2.19. The number of aliphatic hydroxyl groups is 1. The SMILES string of the molecule is O=C(NNC(O)C1CC=CNC1)OCCSSCCO[N+](=O)[O-]. The summed E-state index contributed by atoms with van der Waals surface area (Å²) in [7, 11) is 2.81. The van der Waals surface area contributed by atoms with Gasteiger partial charge >= 0.3 is 6.09 Å². The minimum atomic E-state index is -0.869. The van der Waals surface area contributed by atoms with Gasteiger partial charge in [0, 0.05) is 24.0 Å². The average molecular weight is 368 g/mol. The number of allylic oxidation sites excluding steroid dienone is 1. The first kappa shape index (κ1) is 19.7. The summed E-state index contributed by atoms with van der Waals surface area (Å²) in [6.07, 6.45) is 2.90. The fourth-order valence-electron chi connectivity index (χ4n) is 1.59. The second-order valence-corrected chi connectivity index (χ2v) is 7.06. The maximum absolute atomic E-state index is 11.4. The molecule has 0 saturated heterocycles. The molecule has 0 aliphatic carbocycles. The predicted octanol–water partition coefficient (Wildman–Crippen LogP) is 0.248. The zero-order chi connectivity index (χ0) is 16.9. The number of hydrazine groups is 1. The zero-order valence-electron chi connectivity index (χ0n) is 12.3. The third-order valence-electron chi connectivity index (χ3n) is 2.67. The van der Waals surface area contributed by atoms with E-state index in [2.05, 4.69) is 21.0 Å². The lowest BCUT2D eigenvalue weighted by atomic mass is 10.0. The summed E-state index contributed by atoms with van der Waals surface area (Å²) >= 11 is 0. The van der Waals surface area contributed by atoms with Crippen LogP contribution >= 0.6 is 21.6 Å². The number of hydrogen-bond acceptors (Lipinski definition) is 10. The molecule has 1 aliphatic rings. The topological polar surface area (TPSA) is 135 Å². The monoisotopic (exact) mass is 368 g/mol. The van der Waals surface area contributed by atoms with E-state index in [0.29, 0.717) is 24.5 Å². The van der Waals surface area contributed by atoms with Gasteiger partial charge < -0.3 is 20.0 Å². The Bertz CT molecular complexity index is 401. The minimum absolute atomic E-state index is 0.0268. The molecule has 10 nitrogen and oxygen atoms in total. The Balaban J connectivity index is 1.93. The van der Waals surface area contributed by atoms with Gasteiger partial charge in [0.05, 0.1) is 0 Å². The van der Waals surface area contributed by atoms with Crippen molar-refractivity contribution in [1.29, 1.82) is 0 Å². The standard InChI is InChI=1S/C11H20N4O6S2/c16-10(9-2-1-3-12-8-9)13-14-11(17)20-4-6-22-23-7-5-21-15(18)19/h1,3,9-10,12-13,16H,2,4-8H2,(H,14,17). The first-order valence-corrected chi connectivity index (χ1v) is 9.35. The summed E-state index contributed by atoms with van der Waals surface area (Å²) in [6.45, 7) is 0.833. The van der Waals surface area contributed by atoms with Crippen LogP contribution in [-0.4, -0.2) is 53.8 Å². The van der Waals surface area contributed by atoms with Crippen LogP contribution in [0.25, 0.3) is 0 Å². The normalized spacial score (nSPS) is 17.9. The van der Waals surface area contributed by atoms with E-state index in [1.165, 1.54) is 21.6 Å². The molecule has 0 aromatic heterocycles. The average Bonchev–Trinajstić information content (AvgIpc) is 2.55. The molecule has 0 saturated carbocycles. The number of aliphatic hydroxyl groups excluding tert-OH is 1. The molecule has 0 spiro atoms. The van der Waals surface area contributed by atoms with Gasteiger partial charge in [-0.2, -0.15) is 0 Å². The van der Waals surface area contributed by atoms with Crippen LogP contribution in [0.1, 0.15) is 6.42 Å². The van der Waals surface area contributed by atoms with E-state index in [-0.39, 0.29) is 19.1 Å². The van der Waals surface area contributed by atoms with E-state index in [1.54, 1.807) is 0 Å². The van der Waals surface area contributed by atoms with Crippen molar-refractivity contribution in [2.24, 2.45) is 5.92 Å². The molecule has 23 heavy (non-hydrogen) atoms. The lowest BCUT2D eigenvalue weighted by molar-refractivity contribution is -0.756. The fourth-order valence-corrected chi connectivity index (χ4v) is 3.23. The van der Waals surface area contributed by atoms with E-state index in [9.17, 15) is 20.0 Å². The number of amides is 1. The van der Waals surface area contributed by atoms with Crippen molar-refractivity contribution in [2.45, 2.75) is 12.6 Å². The number of carbonyl (C=O) groups is 1. The largest absolute Gasteiger partial charge is 0.448 e. The van der Waals surface area contributed by atoms with Crippen molar-refractivity contribution in [3.05, 3.63) is 22.4 Å². The molecule has 1 aliphatic heterocycles. The fraction of sp³-hybridized carbons (Fsp3) is 0.727. The highest BCUT2D eigenvalue weighted by molar-refractivity contribution is 8.76. The van der Waals surface area contributed by atoms with Gasteiger partial charge in [-0.25, -0.2) is 10.2 Å². The first-order chi connectivity index (χ1) is 11.1. The summed E-state index contributed by atoms with van der Waals surface area (Å²) in [5.74, 6) is 0.972. The van der Waals surface area contributed by atoms with Crippen molar-refractivity contribution in [3.8, 4) is 0 Å². The van der Waals surface area contributed by atoms with Gasteiger partial charge in [-0.05, 0) is 12.6 Å². The molecule has 4 N–H and O–H groups in total. The number of nitrogens with one attached hydrogen (secondary N) is 3. The summed E-state index contributed by atoms with van der Waals surface area (Å²) in [6, 6.07) is 0. The van der Waals surface area contributed by atoms with E-state index >= 15 is 0 Å². The van der Waals surface area contributed by atoms with E-state index in [0.717, 1.165) is 0 Å². The van der Waals surface area contributed by atoms with Gasteiger partial charge in [-0.1, -0.05) is 27.7 Å². The molecule has 0 aromatic carbocycles. The van der Waals surface area contributed by atoms with Gasteiger partial charge in [-0.15, -0.1) is 10.1 Å². The Hall–Kier alpha value is -1.37. The van der Waals surface area contributed by atoms with Gasteiger partial charge in [0.2, 0.25) is 0 Å². The Kier molecular flexibility index (Phi) is 10.4. The van der Waals surface area contributed by atoms with Crippen molar-refractivity contribution >= 4 is 27.7 Å². The molecule has 0 radical (unpaired) electrons. The third kappa shape index (κ3) is 10.1. The summed E-state index contributed by atoms with van der Waals surface area (Å²) in [5.41, 5.74) is 4.78. The number of rotatable bonds is 11. The molecule has 1 amide bonds. The number of ether oxygens (including phenoxy) is 1. The number of hydrogen-bond donors (Lipinski definition) is 4. The molecule has 2 unspecified atom stereocenters. The Morgan fingerprint density at radius 1 is 1.48 bits per heavy atom. The Labute approximate surface area is 141 Å². The molecule has 12 heteroatoms. The van der Waals surface area contributed by atoms with Crippen LogP contribution < -0.4 is 16.2 Å². The van der Waals surface area contributed by atoms with Crippen molar-refractivity contribution in [1.82, 2.24) is 16.2 Å². The molecular formula is C11H20N4O6S2. The maximum Gasteiger partial charge on any atom is 0.421 e. The van der Waals surface area contributed by atoms with Crippen LogP contribution in [0.15, 0.2) is 12.3 Å². The molecule has 132 valence electrons. The smallest absolute Gasteiger partial charge is 0.421 e. The van der Waals surface area contributed by atoms with Gasteiger partial charge in [0.1, 0.15) is 19.4 Å². The van der Waals surface area contributed by atoms with Crippen molar-refractivity contribution in [3.63, 3.8) is 0 Å². The maximum atomic E-state index is 11.4. The van der Waals surface area contributed by atoms with E-state index in [1.807, 2.05) is 12.3 Å². The molecule has 1 heterocycles. The highest BCUT2D eigenvalue weighted by Crippen LogP contribution is 2.20. The minimum Gasteiger partial charge on any atom is -0.448 e. The van der Waals surface area contributed by atoms with Crippen LogP contribution in [0.3, 0.4) is 0 Å². The van der Waals surface area contributed by atoms with E-state index < -0.39 is 17.4 Å². The third-order valence-corrected chi connectivity index (χ3v) is 5.00. The van der Waals surface area contributed by atoms with Crippen LogP contribution in [0, 0.1) is 16.0 Å². The van der Waals surface area contributed by atoms with Crippen molar-refractivity contribution < 1.29 is 24.6 Å². The molecule has 1 rings (SSSR count). The van der Waals surface area contributed by atoms with Crippen LogP contribution in [0.4, 0.5) is 4.79 Å². The molecule has 2 atom stereocenters. The second kappa shape index (κ2) is 12.1. The number of carbonyl (C=O) groups excluding carboxylic acids is 1. The summed E-state index contributed by atoms with van der Waals surface area (Å²) in [5, 5.41) is 21.9. The Morgan fingerprint density at radius 2 is 2.22 bits per heavy atom. The quantitative estimate of drug-likeness (QED) is 0.132. The van der Waals surface area contributed by atoms with Crippen molar-refractivity contribution in [2.75, 3.05) is 31.3 Å². The van der Waals surface area contributed by atoms with E-state index in [4.69, 9.17) is 4.74 Å².